The molecule has 0 unspecified atom stereocenters. The minimum atomic E-state index is 0.0632. The van der Waals surface area contributed by atoms with Gasteiger partial charge in [0.1, 0.15) is 0 Å². The predicted octanol–water partition coefficient (Wildman–Crippen LogP) is 4.49. The lowest BCUT2D eigenvalue weighted by atomic mass is 10.0. The first-order valence-electron chi connectivity index (χ1n) is 8.67. The predicted molar refractivity (Wildman–Crippen MR) is 97.8 cm³/mol. The van der Waals surface area contributed by atoms with E-state index in [1.54, 1.807) is 6.08 Å². The Morgan fingerprint density at radius 1 is 0.917 bits per heavy atom. The highest BCUT2D eigenvalue weighted by Crippen LogP contribution is 2.36. The summed E-state index contributed by atoms with van der Waals surface area (Å²) in [6.07, 6.45) is 7.26. The molecule has 0 N–H and O–H groups in total. The normalized spacial score (nSPS) is 16.9. The van der Waals surface area contributed by atoms with Crippen LogP contribution in [0, 0.1) is 0 Å². The number of hydrogen-bond acceptors (Lipinski definition) is 2. The zero-order valence-electron chi connectivity index (χ0n) is 13.7. The van der Waals surface area contributed by atoms with Crippen molar-refractivity contribution >= 4 is 11.4 Å². The van der Waals surface area contributed by atoms with Gasteiger partial charge in [0.05, 0.1) is 0 Å². The molecule has 4 rings (SSSR count). The van der Waals surface area contributed by atoms with Crippen molar-refractivity contribution in [2.45, 2.75) is 19.3 Å². The molecule has 24 heavy (non-hydrogen) atoms. The summed E-state index contributed by atoms with van der Waals surface area (Å²) < 4.78 is 0. The van der Waals surface area contributed by atoms with E-state index in [2.05, 4.69) is 29.2 Å². The van der Waals surface area contributed by atoms with Crippen LogP contribution in [0.5, 0.6) is 0 Å². The van der Waals surface area contributed by atoms with Crippen LogP contribution >= 0.6 is 0 Å². The number of likely N-dealkylation sites (tertiary alicyclic amines) is 1. The molecule has 2 nitrogen and oxygen atoms in total. The van der Waals surface area contributed by atoms with Gasteiger partial charge in [-0.2, -0.15) is 0 Å². The van der Waals surface area contributed by atoms with Crippen LogP contribution in [-0.4, -0.2) is 23.8 Å². The summed E-state index contributed by atoms with van der Waals surface area (Å²) in [5.41, 5.74) is 5.98. The van der Waals surface area contributed by atoms with Crippen LogP contribution in [0.25, 0.3) is 5.57 Å². The van der Waals surface area contributed by atoms with Gasteiger partial charge >= 0.3 is 0 Å². The molecule has 1 saturated heterocycles. The molecule has 1 fully saturated rings. The van der Waals surface area contributed by atoms with Gasteiger partial charge in [-0.25, -0.2) is 0 Å². The molecule has 2 heteroatoms. The van der Waals surface area contributed by atoms with E-state index in [-0.39, 0.29) is 5.78 Å². The summed E-state index contributed by atoms with van der Waals surface area (Å²) in [5, 5.41) is 0. The minimum absolute atomic E-state index is 0.0632. The van der Waals surface area contributed by atoms with Gasteiger partial charge in [0.25, 0.3) is 0 Å². The van der Waals surface area contributed by atoms with Crippen LogP contribution in [0.2, 0.25) is 0 Å². The van der Waals surface area contributed by atoms with E-state index >= 15 is 0 Å². The average Bonchev–Trinajstić information content (AvgIpc) is 3.28. The molecular weight excluding hydrogens is 294 g/mol. The smallest absolute Gasteiger partial charge is 0.185 e. The van der Waals surface area contributed by atoms with Crippen molar-refractivity contribution < 1.29 is 4.79 Å². The van der Waals surface area contributed by atoms with Crippen LogP contribution in [0.4, 0.5) is 0 Å². The van der Waals surface area contributed by atoms with Crippen LogP contribution in [-0.2, 0) is 6.42 Å². The molecule has 1 aliphatic heterocycles. The maximum Gasteiger partial charge on any atom is 0.185 e. The van der Waals surface area contributed by atoms with E-state index in [1.165, 1.54) is 35.2 Å². The Kier molecular flexibility index (Phi) is 4.04. The Labute approximate surface area is 143 Å². The Bertz CT molecular complexity index is 811. The molecule has 2 aliphatic rings. The number of allylic oxidation sites excluding steroid dienone is 4. The Hall–Kier alpha value is -2.61. The quantitative estimate of drug-likeness (QED) is 0.612. The van der Waals surface area contributed by atoms with E-state index in [0.717, 1.165) is 25.1 Å². The van der Waals surface area contributed by atoms with Crippen LogP contribution in [0.3, 0.4) is 0 Å². The van der Waals surface area contributed by atoms with E-state index in [0.29, 0.717) is 0 Å². The van der Waals surface area contributed by atoms with Gasteiger partial charge in [-0.3, -0.25) is 4.79 Å². The molecule has 1 heterocycles. The molecule has 2 aromatic rings. The fourth-order valence-corrected chi connectivity index (χ4v) is 3.68. The summed E-state index contributed by atoms with van der Waals surface area (Å²) >= 11 is 0. The number of carbonyl (C=O) groups excluding carboxylic acids is 1. The molecule has 1 aliphatic carbocycles. The first-order valence-corrected chi connectivity index (χ1v) is 8.67. The van der Waals surface area contributed by atoms with Crippen LogP contribution < -0.4 is 0 Å². The lowest BCUT2D eigenvalue weighted by Crippen LogP contribution is -2.19. The summed E-state index contributed by atoms with van der Waals surface area (Å²) in [7, 11) is 0. The summed E-state index contributed by atoms with van der Waals surface area (Å²) in [6.45, 7) is 2.26. The minimum Gasteiger partial charge on any atom is -0.374 e. The molecule has 0 amide bonds. The standard InChI is InChI=1S/C22H21NO/c24-22(17-8-2-1-3-9-17)13-12-20-19-11-5-4-10-18(19)16-21(20)23-14-6-7-15-23/h1-5,8-13H,6-7,14-16H2. The largest absolute Gasteiger partial charge is 0.374 e. The van der Waals surface area contributed by atoms with E-state index in [1.807, 2.05) is 36.4 Å². The maximum absolute atomic E-state index is 12.4. The van der Waals surface area contributed by atoms with E-state index in [4.69, 9.17) is 0 Å². The molecule has 0 atom stereocenters. The molecule has 0 aromatic heterocycles. The lowest BCUT2D eigenvalue weighted by molar-refractivity contribution is 0.104. The van der Waals surface area contributed by atoms with Crippen molar-refractivity contribution in [1.82, 2.24) is 4.90 Å². The number of benzene rings is 2. The van der Waals surface area contributed by atoms with Crippen molar-refractivity contribution in [3.05, 3.63) is 89.1 Å². The number of nitrogens with zero attached hydrogens (tertiary/aromatic N) is 1. The third-order valence-electron chi connectivity index (χ3n) is 4.92. The summed E-state index contributed by atoms with van der Waals surface area (Å²) in [6, 6.07) is 18.0. The second kappa shape index (κ2) is 6.48. The highest BCUT2D eigenvalue weighted by atomic mass is 16.1. The van der Waals surface area contributed by atoms with Gasteiger partial charge in [-0.15, -0.1) is 0 Å². The SMILES string of the molecule is O=C(C=CC1=C(N2CCCC2)Cc2ccccc21)c1ccccc1. The third-order valence-corrected chi connectivity index (χ3v) is 4.92. The highest BCUT2D eigenvalue weighted by molar-refractivity contribution is 6.06. The molecular formula is C22H21NO. The number of hydrogen-bond donors (Lipinski definition) is 0. The fraction of sp³-hybridized carbons (Fsp3) is 0.227. The van der Waals surface area contributed by atoms with Crippen LogP contribution in [0.15, 0.2) is 72.4 Å². The zero-order chi connectivity index (χ0) is 16.4. The molecule has 0 saturated carbocycles. The Balaban J connectivity index is 1.67. The first kappa shape index (κ1) is 14.9. The van der Waals surface area contributed by atoms with Crippen molar-refractivity contribution in [2.75, 3.05) is 13.1 Å². The van der Waals surface area contributed by atoms with E-state index < -0.39 is 0 Å². The van der Waals surface area contributed by atoms with Crippen molar-refractivity contribution in [2.24, 2.45) is 0 Å². The lowest BCUT2D eigenvalue weighted by Gasteiger charge is -2.20. The highest BCUT2D eigenvalue weighted by Gasteiger charge is 2.25. The second-order valence-electron chi connectivity index (χ2n) is 6.45. The Morgan fingerprint density at radius 3 is 2.42 bits per heavy atom. The topological polar surface area (TPSA) is 20.3 Å². The second-order valence-corrected chi connectivity index (χ2v) is 6.45. The van der Waals surface area contributed by atoms with Gasteiger partial charge < -0.3 is 4.90 Å². The fourth-order valence-electron chi connectivity index (χ4n) is 3.68. The molecule has 2 aromatic carbocycles. The molecule has 120 valence electrons. The van der Waals surface area contributed by atoms with Crippen LogP contribution in [0.1, 0.15) is 34.3 Å². The molecule has 0 radical (unpaired) electrons. The van der Waals surface area contributed by atoms with Gasteiger partial charge in [0.2, 0.25) is 0 Å². The number of ketones is 1. The third kappa shape index (κ3) is 2.80. The van der Waals surface area contributed by atoms with Crippen molar-refractivity contribution in [3.8, 4) is 0 Å². The monoisotopic (exact) mass is 315 g/mol. The Morgan fingerprint density at radius 2 is 1.62 bits per heavy atom. The van der Waals surface area contributed by atoms with Gasteiger partial charge in [0.15, 0.2) is 5.78 Å². The number of carbonyl (C=O) groups is 1. The first-order chi connectivity index (χ1) is 11.8. The average molecular weight is 315 g/mol. The number of fused-ring (bicyclic) bond motifs is 1. The van der Waals surface area contributed by atoms with Crippen molar-refractivity contribution in [3.63, 3.8) is 0 Å². The summed E-state index contributed by atoms with van der Waals surface area (Å²) in [5.74, 6) is 0.0632. The van der Waals surface area contributed by atoms with Gasteiger partial charge in [0, 0.05) is 36.3 Å². The zero-order valence-corrected chi connectivity index (χ0v) is 13.7. The number of rotatable bonds is 4. The maximum atomic E-state index is 12.4. The summed E-state index contributed by atoms with van der Waals surface area (Å²) in [4.78, 5) is 14.9. The molecule has 0 spiro atoms. The molecule has 0 bridgehead atoms. The van der Waals surface area contributed by atoms with E-state index in [9.17, 15) is 4.79 Å². The van der Waals surface area contributed by atoms with Gasteiger partial charge in [-0.1, -0.05) is 54.6 Å². The van der Waals surface area contributed by atoms with Gasteiger partial charge in [-0.05, 0) is 36.1 Å². The van der Waals surface area contributed by atoms with Crippen molar-refractivity contribution in [1.29, 1.82) is 0 Å².